The lowest BCUT2D eigenvalue weighted by Crippen LogP contribution is -2.63. The summed E-state index contributed by atoms with van der Waals surface area (Å²) in [5.74, 6) is -2.13. The van der Waals surface area contributed by atoms with Crippen LogP contribution in [0.15, 0.2) is 48.5 Å². The Balaban J connectivity index is 1.69. The molecule has 2 aromatic rings. The van der Waals surface area contributed by atoms with Crippen molar-refractivity contribution in [2.75, 3.05) is 41.3 Å². The van der Waals surface area contributed by atoms with Gasteiger partial charge in [0.05, 0.1) is 36.9 Å². The van der Waals surface area contributed by atoms with E-state index in [-0.39, 0.29) is 25.2 Å². The minimum atomic E-state index is -1.33. The second-order valence-electron chi connectivity index (χ2n) is 15.7. The number of aldehydes is 1. The molecule has 2 fully saturated rings. The number of fused-ring (bicyclic) bond motifs is 1. The fraction of sp³-hybridized carbons (Fsp3) is 0.651. The van der Waals surface area contributed by atoms with Crippen LogP contribution in [0.4, 0.5) is 0 Å². The first kappa shape index (κ1) is 45.4. The number of cyclic esters (lactones) is 1. The molecule has 2 aliphatic rings. The summed E-state index contributed by atoms with van der Waals surface area (Å²) in [5.41, 5.74) is 1.02. The van der Waals surface area contributed by atoms with Crippen LogP contribution in [-0.4, -0.2) is 146 Å². The van der Waals surface area contributed by atoms with Gasteiger partial charge in [-0.1, -0.05) is 62.4 Å². The molecule has 312 valence electrons. The van der Waals surface area contributed by atoms with Crippen molar-refractivity contribution in [3.8, 4) is 0 Å². The maximum atomic E-state index is 13.9. The zero-order valence-electron chi connectivity index (χ0n) is 34.1. The first-order chi connectivity index (χ1) is 26.8. The number of aliphatic hydroxyl groups excluding tert-OH is 3. The highest BCUT2D eigenvalue weighted by molar-refractivity contribution is 5.84. The molecule has 4 rings (SSSR count). The number of hydrogen-bond acceptors (Lipinski definition) is 13. The van der Waals surface area contributed by atoms with Crippen LogP contribution in [0.3, 0.4) is 0 Å². The van der Waals surface area contributed by atoms with E-state index in [4.69, 9.17) is 23.7 Å². The zero-order valence-corrected chi connectivity index (χ0v) is 34.1. The summed E-state index contributed by atoms with van der Waals surface area (Å²) in [6, 6.07) is 13.6. The van der Waals surface area contributed by atoms with E-state index in [1.165, 1.54) is 7.11 Å². The first-order valence-electron chi connectivity index (χ1n) is 20.0. The Labute approximate surface area is 331 Å². The molecule has 2 heterocycles. The van der Waals surface area contributed by atoms with Gasteiger partial charge in [0.1, 0.15) is 30.7 Å². The molecule has 3 N–H and O–H groups in total. The van der Waals surface area contributed by atoms with Crippen LogP contribution in [0.25, 0.3) is 16.8 Å². The number of hydrogen-bond donors (Lipinski definition) is 3. The van der Waals surface area contributed by atoms with Crippen molar-refractivity contribution in [2.24, 2.45) is 11.8 Å². The van der Waals surface area contributed by atoms with Gasteiger partial charge in [-0.2, -0.15) is 0 Å². The number of carbonyl (C=O) groups is 3. The Kier molecular flexibility index (Phi) is 17.9. The van der Waals surface area contributed by atoms with Crippen LogP contribution in [0.1, 0.15) is 71.3 Å². The van der Waals surface area contributed by atoms with E-state index < -0.39 is 79.0 Å². The summed E-state index contributed by atoms with van der Waals surface area (Å²) in [7, 11) is 6.78. The van der Waals surface area contributed by atoms with Gasteiger partial charge in [-0.15, -0.1) is 0 Å². The summed E-state index contributed by atoms with van der Waals surface area (Å²) in [6.45, 7) is 6.21. The van der Waals surface area contributed by atoms with E-state index in [0.717, 1.165) is 22.6 Å². The van der Waals surface area contributed by atoms with Crippen LogP contribution in [0.2, 0.25) is 0 Å². The number of esters is 2. The first-order valence-corrected chi connectivity index (χ1v) is 20.0. The van der Waals surface area contributed by atoms with Crippen LogP contribution in [-0.2, 0) is 38.1 Å². The number of carbonyl (C=O) groups excluding carboxylic acids is 3. The lowest BCUT2D eigenvalue weighted by atomic mass is 9.82. The van der Waals surface area contributed by atoms with E-state index in [0.29, 0.717) is 38.8 Å². The minimum Gasteiger partial charge on any atom is -0.462 e. The molecule has 2 saturated heterocycles. The molecule has 3 unspecified atom stereocenters. The van der Waals surface area contributed by atoms with E-state index >= 15 is 0 Å². The number of rotatable bonds is 11. The largest absolute Gasteiger partial charge is 0.462 e. The fourth-order valence-electron chi connectivity index (χ4n) is 7.92. The van der Waals surface area contributed by atoms with E-state index in [1.807, 2.05) is 49.2 Å². The molecule has 13 nitrogen and oxygen atoms in total. The normalized spacial score (nSPS) is 33.4. The lowest BCUT2D eigenvalue weighted by Gasteiger charge is -2.47. The third-order valence-electron chi connectivity index (χ3n) is 11.1. The van der Waals surface area contributed by atoms with Gasteiger partial charge >= 0.3 is 11.9 Å². The number of methoxy groups -OCH3 is 1. The zero-order chi connectivity index (χ0) is 40.9. The van der Waals surface area contributed by atoms with Crippen molar-refractivity contribution in [3.05, 3.63) is 54.1 Å². The van der Waals surface area contributed by atoms with Crippen molar-refractivity contribution >= 4 is 35.1 Å². The summed E-state index contributed by atoms with van der Waals surface area (Å²) in [6.07, 6.45) is -2.71. The molecule has 2 aliphatic heterocycles. The van der Waals surface area contributed by atoms with Gasteiger partial charge in [-0.05, 0) is 88.1 Å². The van der Waals surface area contributed by atoms with Crippen molar-refractivity contribution in [1.29, 1.82) is 0 Å². The van der Waals surface area contributed by atoms with Crippen LogP contribution < -0.4 is 0 Å². The van der Waals surface area contributed by atoms with Gasteiger partial charge in [-0.25, -0.2) is 0 Å². The van der Waals surface area contributed by atoms with Crippen molar-refractivity contribution in [3.63, 3.8) is 0 Å². The number of aliphatic hydroxyl groups is 3. The molecule has 0 aromatic heterocycles. The van der Waals surface area contributed by atoms with Crippen molar-refractivity contribution < 1.29 is 53.4 Å². The van der Waals surface area contributed by atoms with Crippen molar-refractivity contribution in [1.82, 2.24) is 9.80 Å². The van der Waals surface area contributed by atoms with Crippen LogP contribution in [0, 0.1) is 11.8 Å². The third kappa shape index (κ3) is 12.6. The molecular formula is C43H64N2O11. The summed E-state index contributed by atoms with van der Waals surface area (Å²) in [4.78, 5) is 42.8. The molecule has 0 bridgehead atoms. The van der Waals surface area contributed by atoms with Crippen LogP contribution in [0.5, 0.6) is 0 Å². The Morgan fingerprint density at radius 2 is 1.77 bits per heavy atom. The van der Waals surface area contributed by atoms with E-state index in [9.17, 15) is 29.7 Å². The summed E-state index contributed by atoms with van der Waals surface area (Å²) in [5, 5.41) is 36.1. The molecule has 0 radical (unpaired) electrons. The second kappa shape index (κ2) is 22.0. The third-order valence-corrected chi connectivity index (χ3v) is 11.1. The average Bonchev–Trinajstić information content (AvgIpc) is 3.15. The Morgan fingerprint density at radius 3 is 2.45 bits per heavy atom. The fourth-order valence-corrected chi connectivity index (χ4v) is 7.92. The minimum absolute atomic E-state index is 0.0224. The van der Waals surface area contributed by atoms with Gasteiger partial charge in [0.15, 0.2) is 6.29 Å². The average molecular weight is 785 g/mol. The monoisotopic (exact) mass is 784 g/mol. The van der Waals surface area contributed by atoms with Gasteiger partial charge in [0.2, 0.25) is 0 Å². The standard InChI is InChI=1S/C43H64N2O11/c1-8-36(48)55-35-25-37(49)54-33(16-11-13-29-18-19-30-14-9-10-15-31(30)24-29)17-12-21-45(6)26-34(47)27(2)23-32(20-22-46)41(42(35)52-7)56-43-40(51)38(44(4)5)39(50)28(3)53-43/h9-11,13-15,18-19,22,24,27-28,32-35,38-43,47,50-51H,8,12,16-17,20-21,23,25-26H2,1-7H3/t27-,28?,32+,33+,34+,35-,38?,39-,40?,41+,42+,43+/m1/s1. The van der Waals surface area contributed by atoms with E-state index in [2.05, 4.69) is 24.3 Å². The second-order valence-corrected chi connectivity index (χ2v) is 15.7. The topological polar surface area (TPSA) is 165 Å². The quantitative estimate of drug-likeness (QED) is 0.222. The number of likely N-dealkylation sites (N-methyl/N-ethyl adjacent to an activating group) is 2. The summed E-state index contributed by atoms with van der Waals surface area (Å²) < 4.78 is 30.7. The number of ether oxygens (including phenoxy) is 5. The highest BCUT2D eigenvalue weighted by Gasteiger charge is 2.48. The molecule has 12 atom stereocenters. The number of β-amino-alcohol motifs (C(OH)–C–C–N with tert-alkyl or cyclic N) is 1. The molecule has 0 spiro atoms. The lowest BCUT2D eigenvalue weighted by molar-refractivity contribution is -0.310. The van der Waals surface area contributed by atoms with E-state index in [1.54, 1.807) is 32.8 Å². The SMILES string of the molecule is CCC(=O)O[C@@H]1CC(=O)O[C@@H](CC=Cc2ccc3ccccc3c2)CCCN(C)C[C@H](O)[C@H](C)C[C@H](CC=O)[C@H](O[C@@H]2OC(C)[C@@H](O)C(N(C)C)C2O)[C@H]1OC. The Hall–Kier alpha value is -3.27. The highest BCUT2D eigenvalue weighted by atomic mass is 16.7. The predicted molar refractivity (Wildman–Crippen MR) is 212 cm³/mol. The highest BCUT2D eigenvalue weighted by Crippen LogP contribution is 2.34. The molecule has 2 aromatic carbocycles. The van der Waals surface area contributed by atoms with Crippen molar-refractivity contribution in [2.45, 2.75) is 127 Å². The smallest absolute Gasteiger partial charge is 0.309 e. The number of benzene rings is 2. The van der Waals surface area contributed by atoms with Gasteiger partial charge < -0.3 is 53.6 Å². The molecule has 0 saturated carbocycles. The predicted octanol–water partition coefficient (Wildman–Crippen LogP) is 3.98. The Bertz CT molecular complexity index is 1570. The van der Waals surface area contributed by atoms with Gasteiger partial charge in [0, 0.05) is 32.9 Å². The molecule has 13 heteroatoms. The maximum Gasteiger partial charge on any atom is 0.309 e. The Morgan fingerprint density at radius 1 is 1.04 bits per heavy atom. The molecule has 0 amide bonds. The maximum absolute atomic E-state index is 13.9. The molecule has 56 heavy (non-hydrogen) atoms. The summed E-state index contributed by atoms with van der Waals surface area (Å²) >= 11 is 0. The van der Waals surface area contributed by atoms with Gasteiger partial charge in [0.25, 0.3) is 0 Å². The molecule has 0 aliphatic carbocycles. The molecular weight excluding hydrogens is 720 g/mol. The van der Waals surface area contributed by atoms with Gasteiger partial charge in [-0.3, -0.25) is 9.59 Å². The number of nitrogens with zero attached hydrogens (tertiary/aromatic N) is 2. The van der Waals surface area contributed by atoms with Crippen LogP contribution >= 0.6 is 0 Å².